The van der Waals surface area contributed by atoms with Crippen LogP contribution in [0.4, 0.5) is 0 Å². The molecule has 0 saturated heterocycles. The molecule has 1 atom stereocenters. The first-order valence-corrected chi connectivity index (χ1v) is 6.29. The van der Waals surface area contributed by atoms with E-state index in [9.17, 15) is 9.90 Å². The molecule has 108 valence electrons. The lowest BCUT2D eigenvalue weighted by Gasteiger charge is -2.16. The number of fused-ring (bicyclic) bond motifs is 1. The Bertz CT molecular complexity index is 621. The van der Waals surface area contributed by atoms with Crippen LogP contribution in [0.25, 0.3) is 11.0 Å². The molecular weight excluding hydrogens is 260 g/mol. The molecule has 1 aromatic carbocycles. The minimum atomic E-state index is -0.972. The van der Waals surface area contributed by atoms with Gasteiger partial charge in [0, 0.05) is 14.2 Å². The van der Waals surface area contributed by atoms with Crippen molar-refractivity contribution in [2.75, 3.05) is 20.8 Å². The number of nitrogens with zero attached hydrogens (tertiary/aromatic N) is 2. The highest BCUT2D eigenvalue weighted by Crippen LogP contribution is 2.20. The van der Waals surface area contributed by atoms with E-state index in [-0.39, 0.29) is 11.7 Å². The third kappa shape index (κ3) is 2.66. The standard InChI is InChI=1S/C14H18N2O4/c1-9-15-13-11(14(17)18)5-4-6-12(13)16(9)7-10(20-3)8-19-2/h4-6,10H,7-8H2,1-3H3,(H,17,18). The molecule has 0 amide bonds. The fraction of sp³-hybridized carbons (Fsp3) is 0.429. The van der Waals surface area contributed by atoms with Gasteiger partial charge in [0.2, 0.25) is 0 Å². The lowest BCUT2D eigenvalue weighted by atomic mass is 10.2. The van der Waals surface area contributed by atoms with Crippen LogP contribution in [0.15, 0.2) is 18.2 Å². The molecule has 0 spiro atoms. The van der Waals surface area contributed by atoms with Gasteiger partial charge in [-0.25, -0.2) is 9.78 Å². The Kier molecular flexibility index (Phi) is 4.36. The second kappa shape index (κ2) is 6.02. The van der Waals surface area contributed by atoms with Gasteiger partial charge in [-0.05, 0) is 19.1 Å². The zero-order chi connectivity index (χ0) is 14.7. The van der Waals surface area contributed by atoms with Crippen LogP contribution >= 0.6 is 0 Å². The second-order valence-corrected chi connectivity index (χ2v) is 4.56. The third-order valence-electron chi connectivity index (χ3n) is 3.27. The number of ether oxygens (including phenoxy) is 2. The molecule has 20 heavy (non-hydrogen) atoms. The molecule has 0 aliphatic rings. The number of aromatic nitrogens is 2. The van der Waals surface area contributed by atoms with Crippen LogP contribution in [-0.2, 0) is 16.0 Å². The number of rotatable bonds is 6. The van der Waals surface area contributed by atoms with Crippen molar-refractivity contribution in [1.29, 1.82) is 0 Å². The van der Waals surface area contributed by atoms with E-state index in [0.717, 1.165) is 11.3 Å². The maximum Gasteiger partial charge on any atom is 0.337 e. The fourth-order valence-corrected chi connectivity index (χ4v) is 2.25. The summed E-state index contributed by atoms with van der Waals surface area (Å²) in [6.45, 7) is 2.88. The number of carboxylic acids is 1. The van der Waals surface area contributed by atoms with E-state index in [2.05, 4.69) is 4.98 Å². The average molecular weight is 278 g/mol. The van der Waals surface area contributed by atoms with E-state index in [0.29, 0.717) is 18.7 Å². The van der Waals surface area contributed by atoms with Gasteiger partial charge in [0.1, 0.15) is 11.3 Å². The predicted octanol–water partition coefficient (Wildman–Crippen LogP) is 1.70. The van der Waals surface area contributed by atoms with Crippen molar-refractivity contribution < 1.29 is 19.4 Å². The Balaban J connectivity index is 2.46. The van der Waals surface area contributed by atoms with Crippen molar-refractivity contribution in [3.63, 3.8) is 0 Å². The van der Waals surface area contributed by atoms with Crippen LogP contribution in [0.5, 0.6) is 0 Å². The highest BCUT2D eigenvalue weighted by atomic mass is 16.5. The summed E-state index contributed by atoms with van der Waals surface area (Å²) in [7, 11) is 3.24. The number of para-hydroxylation sites is 1. The molecule has 0 saturated carbocycles. The minimum Gasteiger partial charge on any atom is -0.478 e. The van der Waals surface area contributed by atoms with Gasteiger partial charge in [0.25, 0.3) is 0 Å². The molecule has 1 aromatic heterocycles. The van der Waals surface area contributed by atoms with Gasteiger partial charge in [-0.1, -0.05) is 6.07 Å². The van der Waals surface area contributed by atoms with E-state index in [1.165, 1.54) is 0 Å². The van der Waals surface area contributed by atoms with Crippen LogP contribution in [0.2, 0.25) is 0 Å². The Morgan fingerprint density at radius 1 is 1.45 bits per heavy atom. The molecule has 0 aliphatic carbocycles. The number of hydrogen-bond acceptors (Lipinski definition) is 4. The first-order chi connectivity index (χ1) is 9.58. The van der Waals surface area contributed by atoms with Gasteiger partial charge in [-0.15, -0.1) is 0 Å². The highest BCUT2D eigenvalue weighted by Gasteiger charge is 2.17. The predicted molar refractivity (Wildman–Crippen MR) is 74.1 cm³/mol. The lowest BCUT2D eigenvalue weighted by Crippen LogP contribution is -2.24. The van der Waals surface area contributed by atoms with E-state index in [4.69, 9.17) is 9.47 Å². The Morgan fingerprint density at radius 3 is 2.80 bits per heavy atom. The summed E-state index contributed by atoms with van der Waals surface area (Å²) >= 11 is 0. The first-order valence-electron chi connectivity index (χ1n) is 6.29. The van der Waals surface area contributed by atoms with Crippen molar-refractivity contribution in [3.8, 4) is 0 Å². The molecule has 6 nitrogen and oxygen atoms in total. The number of imidazole rings is 1. The number of aromatic carboxylic acids is 1. The number of benzene rings is 1. The molecule has 0 fully saturated rings. The molecule has 2 aromatic rings. The third-order valence-corrected chi connectivity index (χ3v) is 3.27. The Hall–Kier alpha value is -1.92. The average Bonchev–Trinajstić information content (AvgIpc) is 2.74. The van der Waals surface area contributed by atoms with Crippen molar-refractivity contribution in [2.24, 2.45) is 0 Å². The molecule has 1 heterocycles. The Morgan fingerprint density at radius 2 is 2.20 bits per heavy atom. The van der Waals surface area contributed by atoms with Crippen LogP contribution < -0.4 is 0 Å². The summed E-state index contributed by atoms with van der Waals surface area (Å²) < 4.78 is 12.4. The van der Waals surface area contributed by atoms with Gasteiger partial charge in [-0.3, -0.25) is 0 Å². The summed E-state index contributed by atoms with van der Waals surface area (Å²) in [5, 5.41) is 9.20. The van der Waals surface area contributed by atoms with Gasteiger partial charge in [-0.2, -0.15) is 0 Å². The zero-order valence-electron chi connectivity index (χ0n) is 11.8. The number of aryl methyl sites for hydroxylation is 1. The van der Waals surface area contributed by atoms with Crippen molar-refractivity contribution in [2.45, 2.75) is 19.6 Å². The molecule has 0 bridgehead atoms. The van der Waals surface area contributed by atoms with Crippen molar-refractivity contribution >= 4 is 17.0 Å². The number of methoxy groups -OCH3 is 2. The van der Waals surface area contributed by atoms with E-state index >= 15 is 0 Å². The Labute approximate surface area is 116 Å². The minimum absolute atomic E-state index is 0.107. The molecule has 0 radical (unpaired) electrons. The highest BCUT2D eigenvalue weighted by molar-refractivity contribution is 6.01. The van der Waals surface area contributed by atoms with Crippen LogP contribution in [-0.4, -0.2) is 47.6 Å². The van der Waals surface area contributed by atoms with Gasteiger partial charge < -0.3 is 19.1 Å². The van der Waals surface area contributed by atoms with Crippen LogP contribution in [0, 0.1) is 6.92 Å². The van der Waals surface area contributed by atoms with E-state index in [1.54, 1.807) is 26.4 Å². The molecule has 1 unspecified atom stereocenters. The van der Waals surface area contributed by atoms with Crippen molar-refractivity contribution in [1.82, 2.24) is 9.55 Å². The maximum absolute atomic E-state index is 11.2. The van der Waals surface area contributed by atoms with Gasteiger partial charge in [0.15, 0.2) is 0 Å². The molecule has 1 N–H and O–H groups in total. The largest absolute Gasteiger partial charge is 0.478 e. The molecule has 6 heteroatoms. The summed E-state index contributed by atoms with van der Waals surface area (Å²) in [6.07, 6.45) is -0.107. The smallest absolute Gasteiger partial charge is 0.337 e. The normalized spacial score (nSPS) is 12.8. The SMILES string of the molecule is COCC(Cn1c(C)nc2c(C(=O)O)cccc21)OC. The maximum atomic E-state index is 11.2. The zero-order valence-corrected chi connectivity index (χ0v) is 11.8. The quantitative estimate of drug-likeness (QED) is 0.870. The molecule has 0 aliphatic heterocycles. The van der Waals surface area contributed by atoms with Crippen LogP contribution in [0.1, 0.15) is 16.2 Å². The fourth-order valence-electron chi connectivity index (χ4n) is 2.25. The lowest BCUT2D eigenvalue weighted by molar-refractivity contribution is 0.0187. The molecular formula is C14H18N2O4. The summed E-state index contributed by atoms with van der Waals surface area (Å²) in [5.74, 6) is -0.215. The van der Waals surface area contributed by atoms with Gasteiger partial charge in [0.05, 0.1) is 30.3 Å². The van der Waals surface area contributed by atoms with E-state index < -0.39 is 5.97 Å². The molecule has 2 rings (SSSR count). The number of hydrogen-bond donors (Lipinski definition) is 1. The number of carboxylic acid groups (broad SMARTS) is 1. The first kappa shape index (κ1) is 14.5. The summed E-state index contributed by atoms with van der Waals surface area (Å²) in [4.78, 5) is 15.6. The van der Waals surface area contributed by atoms with Gasteiger partial charge >= 0.3 is 5.97 Å². The topological polar surface area (TPSA) is 73.6 Å². The monoisotopic (exact) mass is 278 g/mol. The van der Waals surface area contributed by atoms with Crippen LogP contribution in [0.3, 0.4) is 0 Å². The van der Waals surface area contributed by atoms with E-state index in [1.807, 2.05) is 17.6 Å². The van der Waals surface area contributed by atoms with Crippen molar-refractivity contribution in [3.05, 3.63) is 29.6 Å². The second-order valence-electron chi connectivity index (χ2n) is 4.56. The summed E-state index contributed by atoms with van der Waals surface area (Å²) in [6, 6.07) is 5.15. The number of carbonyl (C=O) groups is 1. The summed E-state index contributed by atoms with van der Waals surface area (Å²) in [5.41, 5.74) is 1.51.